The van der Waals surface area contributed by atoms with Crippen LogP contribution in [-0.4, -0.2) is 48.5 Å². The van der Waals surface area contributed by atoms with Crippen LogP contribution in [0.1, 0.15) is 0 Å². The minimum atomic E-state index is -1.98. The topological polar surface area (TPSA) is 117 Å². The van der Waals surface area contributed by atoms with E-state index in [0.29, 0.717) is 22.9 Å². The average Bonchev–Trinajstić information content (AvgIpc) is 2.67. The highest BCUT2D eigenvalue weighted by Crippen LogP contribution is 2.24. The second-order valence-corrected chi connectivity index (χ2v) is 5.27. The van der Waals surface area contributed by atoms with Crippen LogP contribution < -0.4 is 20.1 Å². The lowest BCUT2D eigenvalue weighted by atomic mass is 10.1. The summed E-state index contributed by atoms with van der Waals surface area (Å²) in [7, 11) is 2.86. The zero-order valence-electron chi connectivity index (χ0n) is 14.3. The predicted molar refractivity (Wildman–Crippen MR) is 95.3 cm³/mol. The van der Waals surface area contributed by atoms with Gasteiger partial charge in [0.2, 0.25) is 0 Å². The lowest BCUT2D eigenvalue weighted by molar-refractivity contribution is -0.139. The van der Waals surface area contributed by atoms with Gasteiger partial charge in [-0.2, -0.15) is 0 Å². The lowest BCUT2D eigenvalue weighted by Crippen LogP contribution is -2.45. The Morgan fingerprint density at radius 2 is 1.12 bits per heavy atom. The lowest BCUT2D eigenvalue weighted by Gasteiger charge is -2.18. The summed E-state index contributed by atoms with van der Waals surface area (Å²) in [5.74, 6) is -1.14. The van der Waals surface area contributed by atoms with Crippen LogP contribution in [0.15, 0.2) is 48.5 Å². The predicted octanol–water partition coefficient (Wildman–Crippen LogP) is 1.00. The molecule has 2 aromatic carbocycles. The number of aliphatic hydroxyl groups is 2. The van der Waals surface area contributed by atoms with Crippen molar-refractivity contribution in [2.75, 3.05) is 24.9 Å². The number of methoxy groups -OCH3 is 2. The van der Waals surface area contributed by atoms with Gasteiger partial charge >= 0.3 is 0 Å². The summed E-state index contributed by atoms with van der Waals surface area (Å²) in [5, 5.41) is 24.8. The molecule has 0 unspecified atom stereocenters. The molecule has 2 atom stereocenters. The van der Waals surface area contributed by atoms with E-state index in [2.05, 4.69) is 10.6 Å². The quantitative estimate of drug-likeness (QED) is 0.585. The minimum absolute atomic E-state index is 0.302. The van der Waals surface area contributed by atoms with Crippen LogP contribution in [-0.2, 0) is 9.59 Å². The number of aliphatic hydroxyl groups excluding tert-OH is 2. The first-order chi connectivity index (χ1) is 12.5. The number of anilines is 2. The van der Waals surface area contributed by atoms with Gasteiger partial charge in [-0.15, -0.1) is 0 Å². The first kappa shape index (κ1) is 19.2. The molecule has 138 valence electrons. The van der Waals surface area contributed by atoms with Gasteiger partial charge in [-0.25, -0.2) is 0 Å². The van der Waals surface area contributed by atoms with E-state index >= 15 is 0 Å². The Bertz CT molecular complexity index is 714. The number of ether oxygens (including phenoxy) is 2. The van der Waals surface area contributed by atoms with Crippen molar-refractivity contribution in [2.45, 2.75) is 12.2 Å². The molecule has 2 rings (SSSR count). The molecule has 0 heterocycles. The molecule has 2 aromatic rings. The zero-order valence-corrected chi connectivity index (χ0v) is 14.3. The Kier molecular flexibility index (Phi) is 6.54. The van der Waals surface area contributed by atoms with Crippen LogP contribution in [0, 0.1) is 0 Å². The zero-order chi connectivity index (χ0) is 19.1. The summed E-state index contributed by atoms with van der Waals surface area (Å²) in [6.07, 6.45) is -3.95. The molecule has 0 fully saturated rings. The van der Waals surface area contributed by atoms with E-state index in [0.717, 1.165) is 0 Å². The van der Waals surface area contributed by atoms with Gasteiger partial charge in [0.15, 0.2) is 12.2 Å². The molecule has 0 saturated heterocycles. The van der Waals surface area contributed by atoms with Crippen molar-refractivity contribution >= 4 is 23.2 Å². The van der Waals surface area contributed by atoms with Crippen LogP contribution in [0.25, 0.3) is 0 Å². The van der Waals surface area contributed by atoms with Crippen LogP contribution in [0.5, 0.6) is 11.5 Å². The second kappa shape index (κ2) is 8.84. The van der Waals surface area contributed by atoms with Gasteiger partial charge in [0.1, 0.15) is 11.5 Å². The highest BCUT2D eigenvalue weighted by molar-refractivity contribution is 6.03. The number of para-hydroxylation sites is 4. The fourth-order valence-corrected chi connectivity index (χ4v) is 2.20. The van der Waals surface area contributed by atoms with Crippen molar-refractivity contribution in [3.05, 3.63) is 48.5 Å². The molecule has 0 saturated carbocycles. The van der Waals surface area contributed by atoms with Crippen molar-refractivity contribution in [3.63, 3.8) is 0 Å². The Balaban J connectivity index is 2.04. The Labute approximate surface area is 150 Å². The van der Waals surface area contributed by atoms with Crippen molar-refractivity contribution in [1.82, 2.24) is 0 Å². The van der Waals surface area contributed by atoms with Crippen molar-refractivity contribution in [3.8, 4) is 11.5 Å². The summed E-state index contributed by atoms with van der Waals surface area (Å²) in [6.45, 7) is 0. The third kappa shape index (κ3) is 4.50. The summed E-state index contributed by atoms with van der Waals surface area (Å²) >= 11 is 0. The van der Waals surface area contributed by atoms with Gasteiger partial charge in [-0.3, -0.25) is 9.59 Å². The fraction of sp³-hybridized carbons (Fsp3) is 0.222. The number of hydrogen-bond donors (Lipinski definition) is 4. The van der Waals surface area contributed by atoms with Crippen LogP contribution in [0.4, 0.5) is 11.4 Å². The van der Waals surface area contributed by atoms with E-state index in [9.17, 15) is 19.8 Å². The third-order valence-corrected chi connectivity index (χ3v) is 3.57. The van der Waals surface area contributed by atoms with Crippen LogP contribution >= 0.6 is 0 Å². The maximum atomic E-state index is 12.1. The largest absolute Gasteiger partial charge is 0.495 e. The molecule has 0 aliphatic carbocycles. The fourth-order valence-electron chi connectivity index (χ4n) is 2.20. The molecule has 8 heteroatoms. The normalized spacial score (nSPS) is 12.6. The molecular formula is C18H20N2O6. The van der Waals surface area contributed by atoms with Gasteiger partial charge in [-0.05, 0) is 24.3 Å². The monoisotopic (exact) mass is 360 g/mol. The van der Waals surface area contributed by atoms with E-state index in [-0.39, 0.29) is 0 Å². The Morgan fingerprint density at radius 3 is 1.46 bits per heavy atom. The molecule has 26 heavy (non-hydrogen) atoms. The smallest absolute Gasteiger partial charge is 0.256 e. The number of nitrogens with one attached hydrogen (secondary N) is 2. The molecule has 0 spiro atoms. The summed E-state index contributed by atoms with van der Waals surface area (Å²) < 4.78 is 10.2. The highest BCUT2D eigenvalue weighted by Gasteiger charge is 2.31. The van der Waals surface area contributed by atoms with Crippen LogP contribution in [0.3, 0.4) is 0 Å². The summed E-state index contributed by atoms with van der Waals surface area (Å²) in [5.41, 5.74) is 0.604. The number of carbonyl (C=O) groups is 2. The molecule has 4 N–H and O–H groups in total. The number of carbonyl (C=O) groups excluding carboxylic acids is 2. The minimum Gasteiger partial charge on any atom is -0.495 e. The first-order valence-electron chi connectivity index (χ1n) is 7.71. The van der Waals surface area contributed by atoms with Crippen molar-refractivity contribution in [1.29, 1.82) is 0 Å². The molecule has 0 aliphatic rings. The highest BCUT2D eigenvalue weighted by atomic mass is 16.5. The molecule has 0 radical (unpaired) electrons. The number of rotatable bonds is 7. The number of amides is 2. The first-order valence-corrected chi connectivity index (χ1v) is 7.71. The summed E-state index contributed by atoms with van der Waals surface area (Å²) in [4.78, 5) is 24.2. The maximum absolute atomic E-state index is 12.1. The molecule has 8 nitrogen and oxygen atoms in total. The Hall–Kier alpha value is -3.10. The average molecular weight is 360 g/mol. The van der Waals surface area contributed by atoms with Gasteiger partial charge in [0, 0.05) is 0 Å². The molecule has 0 aliphatic heterocycles. The molecule has 0 aromatic heterocycles. The Morgan fingerprint density at radius 1 is 0.769 bits per heavy atom. The van der Waals surface area contributed by atoms with E-state index in [1.54, 1.807) is 48.5 Å². The summed E-state index contributed by atoms with van der Waals surface area (Å²) in [6, 6.07) is 13.1. The molecular weight excluding hydrogens is 340 g/mol. The van der Waals surface area contributed by atoms with Gasteiger partial charge < -0.3 is 30.3 Å². The van der Waals surface area contributed by atoms with E-state index < -0.39 is 24.0 Å². The van der Waals surface area contributed by atoms with Gasteiger partial charge in [-0.1, -0.05) is 24.3 Å². The van der Waals surface area contributed by atoms with E-state index in [1.165, 1.54) is 14.2 Å². The van der Waals surface area contributed by atoms with E-state index in [1.807, 2.05) is 0 Å². The van der Waals surface area contributed by atoms with Crippen molar-refractivity contribution < 1.29 is 29.3 Å². The number of benzene rings is 2. The second-order valence-electron chi connectivity index (χ2n) is 5.27. The van der Waals surface area contributed by atoms with E-state index in [4.69, 9.17) is 9.47 Å². The van der Waals surface area contributed by atoms with Crippen molar-refractivity contribution in [2.24, 2.45) is 0 Å². The third-order valence-electron chi connectivity index (χ3n) is 3.57. The number of hydrogen-bond acceptors (Lipinski definition) is 6. The maximum Gasteiger partial charge on any atom is 0.256 e. The standard InChI is InChI=1S/C18H20N2O6/c1-25-13-9-5-3-7-11(13)19-17(23)15(21)16(22)18(24)20-12-8-4-6-10-14(12)26-2/h3-10,15-16,21-22H,1-2H3,(H,19,23)(H,20,24)/t15-,16-/m0/s1. The molecule has 2 amide bonds. The molecule has 0 bridgehead atoms. The van der Waals surface area contributed by atoms with Crippen LogP contribution in [0.2, 0.25) is 0 Å². The van der Waals surface area contributed by atoms with Gasteiger partial charge in [0.05, 0.1) is 25.6 Å². The van der Waals surface area contributed by atoms with Gasteiger partial charge in [0.25, 0.3) is 11.8 Å². The SMILES string of the molecule is COc1ccccc1NC(=O)[C@@H](O)[C@H](O)C(=O)Nc1ccccc1OC.